The number of hydrogen-bond acceptors (Lipinski definition) is 5. The minimum absolute atomic E-state index is 0.198. The molecule has 100 valence electrons. The lowest BCUT2D eigenvalue weighted by atomic mass is 10.2. The number of fused-ring (bicyclic) bond motifs is 3. The van der Waals surface area contributed by atoms with Gasteiger partial charge in [0.25, 0.3) is 11.8 Å². The molecule has 1 saturated heterocycles. The van der Waals surface area contributed by atoms with Crippen LogP contribution >= 0.6 is 11.8 Å². The number of anilines is 1. The number of benzene rings is 1. The first-order chi connectivity index (χ1) is 9.66. The van der Waals surface area contributed by atoms with Crippen LogP contribution in [0.5, 0.6) is 0 Å². The zero-order valence-electron chi connectivity index (χ0n) is 10.7. The highest BCUT2D eigenvalue weighted by molar-refractivity contribution is 8.16. The predicted molar refractivity (Wildman–Crippen MR) is 77.3 cm³/mol. The number of amides is 2. The largest absolute Gasteiger partial charge is 0.312 e. The number of aryl methyl sites for hydroxylation is 1. The van der Waals surface area contributed by atoms with E-state index in [9.17, 15) is 9.59 Å². The monoisotopic (exact) mass is 285 g/mol. The first kappa shape index (κ1) is 11.7. The van der Waals surface area contributed by atoms with Crippen molar-refractivity contribution in [3.63, 3.8) is 0 Å². The third kappa shape index (κ3) is 1.42. The van der Waals surface area contributed by atoms with Crippen molar-refractivity contribution in [1.29, 1.82) is 0 Å². The van der Waals surface area contributed by atoms with Crippen LogP contribution in [-0.2, 0) is 9.59 Å². The smallest absolute Gasteiger partial charge is 0.261 e. The average molecular weight is 285 g/mol. The van der Waals surface area contributed by atoms with Crippen molar-refractivity contribution in [2.24, 2.45) is 4.99 Å². The molecule has 3 aliphatic heterocycles. The van der Waals surface area contributed by atoms with Crippen molar-refractivity contribution in [3.05, 3.63) is 41.4 Å². The van der Waals surface area contributed by atoms with Crippen LogP contribution in [0.4, 0.5) is 5.69 Å². The van der Waals surface area contributed by atoms with Crippen LogP contribution in [0.2, 0.25) is 0 Å². The molecule has 3 heterocycles. The quantitative estimate of drug-likeness (QED) is 0.734. The molecule has 0 aromatic heterocycles. The van der Waals surface area contributed by atoms with Gasteiger partial charge >= 0.3 is 0 Å². The molecule has 2 amide bonds. The molecule has 2 unspecified atom stereocenters. The molecular weight excluding hydrogens is 274 g/mol. The van der Waals surface area contributed by atoms with Crippen molar-refractivity contribution in [1.82, 2.24) is 4.90 Å². The molecule has 1 aromatic rings. The summed E-state index contributed by atoms with van der Waals surface area (Å²) >= 11 is 1.45. The van der Waals surface area contributed by atoms with Gasteiger partial charge in [0.2, 0.25) is 0 Å². The molecule has 0 aliphatic carbocycles. The van der Waals surface area contributed by atoms with Crippen LogP contribution < -0.4 is 4.90 Å². The maximum atomic E-state index is 12.6. The van der Waals surface area contributed by atoms with E-state index in [0.717, 1.165) is 10.7 Å². The second kappa shape index (κ2) is 3.96. The number of imide groups is 1. The Balaban J connectivity index is 1.76. The van der Waals surface area contributed by atoms with E-state index in [0.29, 0.717) is 5.69 Å². The van der Waals surface area contributed by atoms with E-state index >= 15 is 0 Å². The summed E-state index contributed by atoms with van der Waals surface area (Å²) in [4.78, 5) is 32.5. The molecule has 6 heteroatoms. The number of thioether (sulfide) groups is 1. The van der Waals surface area contributed by atoms with E-state index in [-0.39, 0.29) is 11.8 Å². The maximum absolute atomic E-state index is 12.6. The Kier molecular flexibility index (Phi) is 2.32. The van der Waals surface area contributed by atoms with E-state index in [1.54, 1.807) is 11.0 Å². The first-order valence-electron chi connectivity index (χ1n) is 6.31. The average Bonchev–Trinajstić information content (AvgIpc) is 3.03. The minimum Gasteiger partial charge on any atom is -0.312 e. The highest BCUT2D eigenvalue weighted by Gasteiger charge is 2.55. The third-order valence-corrected chi connectivity index (χ3v) is 4.46. The molecule has 0 saturated carbocycles. The van der Waals surface area contributed by atoms with E-state index in [1.807, 2.05) is 36.7 Å². The van der Waals surface area contributed by atoms with Crippen molar-refractivity contribution in [2.75, 3.05) is 4.90 Å². The fourth-order valence-corrected chi connectivity index (χ4v) is 3.56. The van der Waals surface area contributed by atoms with Crippen LogP contribution in [-0.4, -0.2) is 34.0 Å². The summed E-state index contributed by atoms with van der Waals surface area (Å²) in [6, 6.07) is 6.30. The van der Waals surface area contributed by atoms with Gasteiger partial charge in [0.15, 0.2) is 11.2 Å². The molecule has 0 spiro atoms. The summed E-state index contributed by atoms with van der Waals surface area (Å²) in [7, 11) is 0. The number of amidine groups is 1. The van der Waals surface area contributed by atoms with Gasteiger partial charge in [-0.1, -0.05) is 23.9 Å². The number of carbonyl (C=O) groups excluding carboxylic acids is 2. The topological polar surface area (TPSA) is 53.0 Å². The summed E-state index contributed by atoms with van der Waals surface area (Å²) in [6.45, 7) is 1.94. The van der Waals surface area contributed by atoms with Crippen LogP contribution in [0.25, 0.3) is 0 Å². The minimum atomic E-state index is -0.601. The van der Waals surface area contributed by atoms with Gasteiger partial charge in [-0.3, -0.25) is 9.59 Å². The van der Waals surface area contributed by atoms with Gasteiger partial charge in [-0.2, -0.15) is 0 Å². The van der Waals surface area contributed by atoms with E-state index in [1.165, 1.54) is 16.7 Å². The molecular formula is C14H11N3O2S. The number of aliphatic imine (C=N–C) groups is 1. The fourth-order valence-electron chi connectivity index (χ4n) is 2.77. The van der Waals surface area contributed by atoms with Crippen molar-refractivity contribution >= 4 is 34.4 Å². The van der Waals surface area contributed by atoms with Gasteiger partial charge < -0.3 is 4.90 Å². The lowest BCUT2D eigenvalue weighted by Crippen LogP contribution is -2.39. The molecule has 0 N–H and O–H groups in total. The van der Waals surface area contributed by atoms with Crippen LogP contribution in [0.3, 0.4) is 0 Å². The fraction of sp³-hybridized carbons (Fsp3) is 0.214. The molecule has 20 heavy (non-hydrogen) atoms. The summed E-state index contributed by atoms with van der Waals surface area (Å²) in [5.74, 6) is -0.432. The SMILES string of the molecule is Cc1cccc(N2C(=O)C3N=C4SC=CN4C3C2=O)c1. The zero-order chi connectivity index (χ0) is 13.9. The van der Waals surface area contributed by atoms with Crippen molar-refractivity contribution < 1.29 is 9.59 Å². The Morgan fingerprint density at radius 3 is 2.90 bits per heavy atom. The standard InChI is InChI=1S/C14H11N3O2S/c1-8-3-2-4-9(7-8)17-12(18)10-11(13(17)19)16-5-6-20-14(16)15-10/h2-7,10-11H,1H3. The summed E-state index contributed by atoms with van der Waals surface area (Å²) < 4.78 is 0. The maximum Gasteiger partial charge on any atom is 0.261 e. The second-order valence-corrected chi connectivity index (χ2v) is 5.84. The lowest BCUT2D eigenvalue weighted by molar-refractivity contribution is -0.122. The van der Waals surface area contributed by atoms with Crippen LogP contribution in [0, 0.1) is 6.92 Å². The molecule has 4 rings (SSSR count). The molecule has 1 aromatic carbocycles. The first-order valence-corrected chi connectivity index (χ1v) is 7.19. The van der Waals surface area contributed by atoms with Gasteiger partial charge in [0.05, 0.1) is 5.69 Å². The highest BCUT2D eigenvalue weighted by atomic mass is 32.2. The molecule has 5 nitrogen and oxygen atoms in total. The highest BCUT2D eigenvalue weighted by Crippen LogP contribution is 2.37. The molecule has 3 aliphatic rings. The summed E-state index contributed by atoms with van der Waals surface area (Å²) in [6.07, 6.45) is 1.82. The number of rotatable bonds is 1. The normalized spacial score (nSPS) is 27.1. The predicted octanol–water partition coefficient (Wildman–Crippen LogP) is 1.50. The third-order valence-electron chi connectivity index (χ3n) is 3.67. The Hall–Kier alpha value is -2.08. The van der Waals surface area contributed by atoms with E-state index < -0.39 is 12.1 Å². The summed E-state index contributed by atoms with van der Waals surface area (Å²) in [5, 5.41) is 2.62. The van der Waals surface area contributed by atoms with Gasteiger partial charge in [0, 0.05) is 6.20 Å². The Morgan fingerprint density at radius 1 is 1.25 bits per heavy atom. The van der Waals surface area contributed by atoms with Crippen LogP contribution in [0.1, 0.15) is 5.56 Å². The number of hydrogen-bond donors (Lipinski definition) is 0. The Labute approximate surface area is 120 Å². The second-order valence-electron chi connectivity index (χ2n) is 4.96. The Bertz CT molecular complexity index is 697. The van der Waals surface area contributed by atoms with E-state index in [2.05, 4.69) is 4.99 Å². The molecule has 2 atom stereocenters. The van der Waals surface area contributed by atoms with Gasteiger partial charge in [-0.25, -0.2) is 9.89 Å². The molecule has 1 fully saturated rings. The number of nitrogens with zero attached hydrogens (tertiary/aromatic N) is 3. The van der Waals surface area contributed by atoms with Crippen LogP contribution in [0.15, 0.2) is 40.9 Å². The van der Waals surface area contributed by atoms with Gasteiger partial charge in [-0.15, -0.1) is 0 Å². The Morgan fingerprint density at radius 2 is 2.10 bits per heavy atom. The lowest BCUT2D eigenvalue weighted by Gasteiger charge is -2.19. The number of carbonyl (C=O) groups is 2. The van der Waals surface area contributed by atoms with Crippen molar-refractivity contribution in [2.45, 2.75) is 19.0 Å². The molecule has 0 radical (unpaired) electrons. The summed E-state index contributed by atoms with van der Waals surface area (Å²) in [5.41, 5.74) is 1.64. The van der Waals surface area contributed by atoms with E-state index in [4.69, 9.17) is 0 Å². The van der Waals surface area contributed by atoms with Crippen molar-refractivity contribution in [3.8, 4) is 0 Å². The molecule has 0 bridgehead atoms. The zero-order valence-corrected chi connectivity index (χ0v) is 11.5. The van der Waals surface area contributed by atoms with Gasteiger partial charge in [-0.05, 0) is 30.0 Å². The van der Waals surface area contributed by atoms with Gasteiger partial charge in [0.1, 0.15) is 6.04 Å².